The fourth-order valence-corrected chi connectivity index (χ4v) is 6.30. The Labute approximate surface area is 281 Å². The van der Waals surface area contributed by atoms with Gasteiger partial charge in [-0.3, -0.25) is 9.59 Å². The Bertz CT molecular complexity index is 1950. The molecule has 5 aromatic rings. The van der Waals surface area contributed by atoms with Gasteiger partial charge in [-0.2, -0.15) is 5.10 Å². The van der Waals surface area contributed by atoms with Crippen LogP contribution in [0.1, 0.15) is 36.0 Å². The number of methoxy groups -OCH3 is 3. The Balaban J connectivity index is 1.22. The lowest BCUT2D eigenvalue weighted by Crippen LogP contribution is -2.18. The van der Waals surface area contributed by atoms with Crippen molar-refractivity contribution in [1.29, 1.82) is 0 Å². The molecule has 234 valence electrons. The molecule has 5 rings (SSSR count). The quantitative estimate of drug-likeness (QED) is 0.0659. The number of thiophene rings is 1. The van der Waals surface area contributed by atoms with E-state index in [1.54, 1.807) is 48.5 Å². The molecule has 0 aliphatic rings. The Morgan fingerprint density at radius 1 is 0.826 bits per heavy atom. The summed E-state index contributed by atoms with van der Waals surface area (Å²) < 4.78 is 23.3. The first kappa shape index (κ1) is 32.5. The number of hydrazone groups is 1. The average Bonchev–Trinajstić information content (AvgIpc) is 3.39. The number of anilines is 1. The lowest BCUT2D eigenvalue weighted by Gasteiger charge is -2.14. The molecule has 10 nitrogen and oxygen atoms in total. The van der Waals surface area contributed by atoms with E-state index in [2.05, 4.69) is 31.8 Å². The zero-order valence-electron chi connectivity index (χ0n) is 24.6. The van der Waals surface area contributed by atoms with Crippen molar-refractivity contribution in [3.8, 4) is 23.0 Å². The molecule has 46 heavy (non-hydrogen) atoms. The number of carbonyl (C=O) groups excluding carboxylic acids is 3. The second-order valence-corrected chi connectivity index (χ2v) is 11.8. The van der Waals surface area contributed by atoms with Crippen LogP contribution in [0.2, 0.25) is 5.02 Å². The molecule has 0 bridgehead atoms. The Kier molecular flexibility index (Phi) is 10.2. The van der Waals surface area contributed by atoms with Crippen LogP contribution in [0.25, 0.3) is 10.1 Å². The molecule has 0 aliphatic carbocycles. The number of esters is 1. The van der Waals surface area contributed by atoms with Gasteiger partial charge in [0.25, 0.3) is 11.8 Å². The smallest absolute Gasteiger partial charge is 0.343 e. The van der Waals surface area contributed by atoms with Gasteiger partial charge in [0.05, 0.1) is 38.1 Å². The number of hydrogen-bond donors (Lipinski definition) is 2. The standard InChI is InChI=1S/C33H25BrClN3O7S/c1-42-25-14-20(15-26(43-2)29(25)44-3)33(41)45-24-7-5-4-6-19(24)17-36-38-31(39)18-8-11-22(12-9-18)37-32(40)30-28(35)23-13-10-21(34)16-27(23)46-30/h4-17H,1-3H3,(H,37,40)(H,38,39)/b36-17-. The Hall–Kier alpha value is -4.91. The van der Waals surface area contributed by atoms with Gasteiger partial charge in [0.15, 0.2) is 11.5 Å². The molecule has 4 aromatic carbocycles. The predicted molar refractivity (Wildman–Crippen MR) is 181 cm³/mol. The van der Waals surface area contributed by atoms with Gasteiger partial charge in [-0.25, -0.2) is 10.2 Å². The van der Waals surface area contributed by atoms with E-state index in [9.17, 15) is 14.4 Å². The minimum atomic E-state index is -0.668. The second kappa shape index (κ2) is 14.5. The molecule has 2 N–H and O–H groups in total. The number of amides is 2. The summed E-state index contributed by atoms with van der Waals surface area (Å²) in [4.78, 5) is 39.0. The van der Waals surface area contributed by atoms with E-state index in [-0.39, 0.29) is 17.2 Å². The highest BCUT2D eigenvalue weighted by atomic mass is 79.9. The Morgan fingerprint density at radius 2 is 1.52 bits per heavy atom. The van der Waals surface area contributed by atoms with Crippen LogP contribution in [0.4, 0.5) is 5.69 Å². The van der Waals surface area contributed by atoms with Crippen molar-refractivity contribution in [3.05, 3.63) is 110 Å². The molecular formula is C33H25BrClN3O7S. The molecule has 1 aromatic heterocycles. The summed E-state index contributed by atoms with van der Waals surface area (Å²) >= 11 is 11.2. The van der Waals surface area contributed by atoms with Crippen molar-refractivity contribution in [1.82, 2.24) is 5.43 Å². The molecule has 2 amide bonds. The first-order chi connectivity index (χ1) is 22.2. The van der Waals surface area contributed by atoms with Gasteiger partial charge >= 0.3 is 5.97 Å². The molecule has 0 radical (unpaired) electrons. The molecule has 0 spiro atoms. The number of benzene rings is 4. The largest absolute Gasteiger partial charge is 0.493 e. The highest BCUT2D eigenvalue weighted by Gasteiger charge is 2.20. The van der Waals surface area contributed by atoms with Gasteiger partial charge in [0.2, 0.25) is 5.75 Å². The monoisotopic (exact) mass is 721 g/mol. The number of rotatable bonds is 10. The van der Waals surface area contributed by atoms with Crippen LogP contribution in [0, 0.1) is 0 Å². The number of fused-ring (bicyclic) bond motifs is 1. The molecule has 0 fully saturated rings. The van der Waals surface area contributed by atoms with Gasteiger partial charge in [-0.1, -0.05) is 45.7 Å². The number of para-hydroxylation sites is 1. The molecule has 0 unspecified atom stereocenters. The number of hydrogen-bond acceptors (Lipinski definition) is 9. The van der Waals surface area contributed by atoms with Crippen molar-refractivity contribution >= 4 is 78.6 Å². The summed E-state index contributed by atoms with van der Waals surface area (Å²) in [7, 11) is 4.36. The maximum absolute atomic E-state index is 13.0. The van der Waals surface area contributed by atoms with Crippen molar-refractivity contribution in [2.24, 2.45) is 5.10 Å². The highest BCUT2D eigenvalue weighted by Crippen LogP contribution is 2.39. The van der Waals surface area contributed by atoms with E-state index >= 15 is 0 Å². The van der Waals surface area contributed by atoms with E-state index in [1.165, 1.54) is 51.0 Å². The van der Waals surface area contributed by atoms with Gasteiger partial charge in [-0.05, 0) is 60.7 Å². The van der Waals surface area contributed by atoms with E-state index in [0.29, 0.717) is 44.0 Å². The summed E-state index contributed by atoms with van der Waals surface area (Å²) in [6, 6.07) is 21.6. The SMILES string of the molecule is COc1cc(C(=O)Oc2ccccc2/C=N\NC(=O)c2ccc(NC(=O)c3sc4cc(Br)ccc4c3Cl)cc2)cc(OC)c1OC. The summed E-state index contributed by atoms with van der Waals surface area (Å²) in [5.41, 5.74) is 3.86. The molecule has 0 saturated heterocycles. The van der Waals surface area contributed by atoms with Crippen molar-refractivity contribution in [2.45, 2.75) is 0 Å². The van der Waals surface area contributed by atoms with Crippen molar-refractivity contribution in [3.63, 3.8) is 0 Å². The number of nitrogens with one attached hydrogen (secondary N) is 2. The lowest BCUT2D eigenvalue weighted by atomic mass is 10.1. The highest BCUT2D eigenvalue weighted by molar-refractivity contribution is 9.10. The number of ether oxygens (including phenoxy) is 4. The molecule has 1 heterocycles. The minimum absolute atomic E-state index is 0.175. The minimum Gasteiger partial charge on any atom is -0.493 e. The topological polar surface area (TPSA) is 125 Å². The van der Waals surface area contributed by atoms with Gasteiger partial charge in [0.1, 0.15) is 10.6 Å². The van der Waals surface area contributed by atoms with Crippen molar-refractivity contribution < 1.29 is 33.3 Å². The van der Waals surface area contributed by atoms with Gasteiger partial charge < -0.3 is 24.3 Å². The molecular weight excluding hydrogens is 698 g/mol. The summed E-state index contributed by atoms with van der Waals surface area (Å²) in [6.07, 6.45) is 1.36. The van der Waals surface area contributed by atoms with Crippen LogP contribution in [0.15, 0.2) is 88.4 Å². The molecule has 0 saturated carbocycles. The average molecular weight is 723 g/mol. The Morgan fingerprint density at radius 3 is 2.20 bits per heavy atom. The fraction of sp³-hybridized carbons (Fsp3) is 0.0909. The summed E-state index contributed by atoms with van der Waals surface area (Å²) in [5, 5.41) is 8.02. The fourth-order valence-electron chi connectivity index (χ4n) is 4.34. The molecule has 0 aliphatic heterocycles. The van der Waals surface area contributed by atoms with Crippen LogP contribution in [-0.4, -0.2) is 45.3 Å². The molecule has 0 atom stereocenters. The first-order valence-electron chi connectivity index (χ1n) is 13.5. The van der Waals surface area contributed by atoms with Crippen LogP contribution >= 0.6 is 38.9 Å². The maximum atomic E-state index is 13.0. The van der Waals surface area contributed by atoms with Gasteiger partial charge in [0, 0.05) is 31.4 Å². The van der Waals surface area contributed by atoms with E-state index < -0.39 is 11.9 Å². The maximum Gasteiger partial charge on any atom is 0.343 e. The summed E-state index contributed by atoms with van der Waals surface area (Å²) in [6.45, 7) is 0. The predicted octanol–water partition coefficient (Wildman–Crippen LogP) is 7.58. The van der Waals surface area contributed by atoms with E-state index in [0.717, 1.165) is 14.6 Å². The number of nitrogens with zero attached hydrogens (tertiary/aromatic N) is 1. The number of halogens is 2. The molecule has 13 heteroatoms. The third-order valence-electron chi connectivity index (χ3n) is 6.59. The van der Waals surface area contributed by atoms with Crippen LogP contribution in [0.5, 0.6) is 23.0 Å². The zero-order valence-corrected chi connectivity index (χ0v) is 27.7. The van der Waals surface area contributed by atoms with Gasteiger partial charge in [-0.15, -0.1) is 11.3 Å². The van der Waals surface area contributed by atoms with Crippen molar-refractivity contribution in [2.75, 3.05) is 26.6 Å². The normalized spacial score (nSPS) is 10.9. The number of carbonyl (C=O) groups is 3. The van der Waals surface area contributed by atoms with E-state index in [4.69, 9.17) is 30.5 Å². The third kappa shape index (κ3) is 7.15. The first-order valence-corrected chi connectivity index (χ1v) is 15.4. The summed E-state index contributed by atoms with van der Waals surface area (Å²) in [5.74, 6) is -0.348. The second-order valence-electron chi connectivity index (χ2n) is 9.46. The lowest BCUT2D eigenvalue weighted by molar-refractivity contribution is 0.0733. The van der Waals surface area contributed by atoms with Crippen LogP contribution in [-0.2, 0) is 0 Å². The zero-order chi connectivity index (χ0) is 32.8. The van der Waals surface area contributed by atoms with E-state index in [1.807, 2.05) is 18.2 Å². The van der Waals surface area contributed by atoms with Crippen LogP contribution < -0.4 is 29.7 Å². The van der Waals surface area contributed by atoms with Crippen LogP contribution in [0.3, 0.4) is 0 Å². The third-order valence-corrected chi connectivity index (χ3v) is 8.74.